The first-order valence-corrected chi connectivity index (χ1v) is 5.38. The Labute approximate surface area is 97.8 Å². The van der Waals surface area contributed by atoms with Gasteiger partial charge >= 0.3 is 0 Å². The number of H-pyrrole nitrogens is 1. The number of aromatic nitrogens is 2. The second kappa shape index (κ2) is 3.87. The van der Waals surface area contributed by atoms with Gasteiger partial charge in [0.2, 0.25) is 5.56 Å². The molecule has 1 aromatic carbocycles. The van der Waals surface area contributed by atoms with E-state index in [0.717, 1.165) is 22.2 Å². The standard InChI is InChI=1S/C14H10N2O/c17-14-8-6-11(9-15-14)13-7-5-10-3-1-2-4-12(10)16-13/h1-9H,(H,15,17). The highest BCUT2D eigenvalue weighted by atomic mass is 16.1. The summed E-state index contributed by atoms with van der Waals surface area (Å²) in [5, 5.41) is 1.11. The van der Waals surface area contributed by atoms with Crippen LogP contribution in [-0.2, 0) is 0 Å². The number of para-hydroxylation sites is 1. The van der Waals surface area contributed by atoms with Gasteiger partial charge in [0.25, 0.3) is 0 Å². The molecule has 2 aromatic heterocycles. The second-order valence-corrected chi connectivity index (χ2v) is 3.83. The number of hydrogen-bond donors (Lipinski definition) is 1. The summed E-state index contributed by atoms with van der Waals surface area (Å²) in [7, 11) is 0. The van der Waals surface area contributed by atoms with Crippen molar-refractivity contribution in [3.05, 3.63) is 65.1 Å². The quantitative estimate of drug-likeness (QED) is 0.687. The Morgan fingerprint density at radius 2 is 1.82 bits per heavy atom. The number of benzene rings is 1. The molecule has 0 amide bonds. The van der Waals surface area contributed by atoms with Gasteiger partial charge in [0.05, 0.1) is 11.2 Å². The highest BCUT2D eigenvalue weighted by Crippen LogP contribution is 2.19. The zero-order valence-corrected chi connectivity index (χ0v) is 9.05. The summed E-state index contributed by atoms with van der Waals surface area (Å²) >= 11 is 0. The van der Waals surface area contributed by atoms with Crippen LogP contribution >= 0.6 is 0 Å². The molecule has 1 N–H and O–H groups in total. The van der Waals surface area contributed by atoms with Gasteiger partial charge in [0.15, 0.2) is 0 Å². The van der Waals surface area contributed by atoms with Crippen LogP contribution < -0.4 is 5.56 Å². The van der Waals surface area contributed by atoms with Crippen molar-refractivity contribution in [2.75, 3.05) is 0 Å². The number of nitrogens with zero attached hydrogens (tertiary/aromatic N) is 1. The van der Waals surface area contributed by atoms with Gasteiger partial charge in [-0.05, 0) is 18.2 Å². The minimum atomic E-state index is -0.102. The van der Waals surface area contributed by atoms with E-state index in [4.69, 9.17) is 0 Å². The van der Waals surface area contributed by atoms with E-state index in [2.05, 4.69) is 9.97 Å². The minimum Gasteiger partial charge on any atom is -0.328 e. The fourth-order valence-corrected chi connectivity index (χ4v) is 1.80. The number of nitrogens with one attached hydrogen (secondary N) is 1. The molecule has 3 rings (SSSR count). The topological polar surface area (TPSA) is 45.8 Å². The zero-order valence-electron chi connectivity index (χ0n) is 9.05. The van der Waals surface area contributed by atoms with E-state index in [1.54, 1.807) is 12.3 Å². The average Bonchev–Trinajstić information content (AvgIpc) is 2.39. The Hall–Kier alpha value is -2.42. The first kappa shape index (κ1) is 9.78. The Bertz CT molecular complexity index is 711. The monoisotopic (exact) mass is 222 g/mol. The van der Waals surface area contributed by atoms with Crippen molar-refractivity contribution in [1.82, 2.24) is 9.97 Å². The third-order valence-electron chi connectivity index (χ3n) is 2.68. The molecule has 0 aliphatic heterocycles. The molecular weight excluding hydrogens is 212 g/mol. The van der Waals surface area contributed by atoms with E-state index in [-0.39, 0.29) is 5.56 Å². The lowest BCUT2D eigenvalue weighted by Gasteiger charge is -2.02. The average molecular weight is 222 g/mol. The van der Waals surface area contributed by atoms with E-state index < -0.39 is 0 Å². The van der Waals surface area contributed by atoms with Crippen molar-refractivity contribution < 1.29 is 0 Å². The first-order chi connectivity index (χ1) is 8.33. The van der Waals surface area contributed by atoms with Gasteiger partial charge in [-0.25, -0.2) is 4.98 Å². The predicted molar refractivity (Wildman–Crippen MR) is 67.8 cm³/mol. The largest absolute Gasteiger partial charge is 0.328 e. The van der Waals surface area contributed by atoms with Crippen molar-refractivity contribution in [2.45, 2.75) is 0 Å². The van der Waals surface area contributed by atoms with Gasteiger partial charge in [0, 0.05) is 23.2 Å². The molecule has 0 aliphatic carbocycles. The molecule has 2 heterocycles. The first-order valence-electron chi connectivity index (χ1n) is 5.38. The van der Waals surface area contributed by atoms with Crippen LogP contribution in [0.2, 0.25) is 0 Å². The summed E-state index contributed by atoms with van der Waals surface area (Å²) in [5.41, 5.74) is 2.63. The molecule has 0 atom stereocenters. The fourth-order valence-electron chi connectivity index (χ4n) is 1.80. The molecule has 0 fully saturated rings. The molecule has 3 heteroatoms. The van der Waals surface area contributed by atoms with E-state index in [1.165, 1.54) is 6.07 Å². The Balaban J connectivity index is 2.17. The molecule has 0 aliphatic rings. The molecule has 3 nitrogen and oxygen atoms in total. The molecule has 0 spiro atoms. The number of rotatable bonds is 1. The number of pyridine rings is 2. The van der Waals surface area contributed by atoms with Gasteiger partial charge in [-0.2, -0.15) is 0 Å². The Morgan fingerprint density at radius 1 is 0.941 bits per heavy atom. The molecule has 0 saturated carbocycles. The lowest BCUT2D eigenvalue weighted by molar-refractivity contribution is 1.23. The van der Waals surface area contributed by atoms with Crippen LogP contribution in [0.3, 0.4) is 0 Å². The highest BCUT2D eigenvalue weighted by molar-refractivity contribution is 5.81. The maximum atomic E-state index is 11.0. The fraction of sp³-hybridized carbons (Fsp3) is 0. The Morgan fingerprint density at radius 3 is 2.65 bits per heavy atom. The molecular formula is C14H10N2O. The lowest BCUT2D eigenvalue weighted by Crippen LogP contribution is -2.01. The number of aromatic amines is 1. The van der Waals surface area contributed by atoms with Gasteiger partial charge < -0.3 is 4.98 Å². The summed E-state index contributed by atoms with van der Waals surface area (Å²) in [6, 6.07) is 15.2. The van der Waals surface area contributed by atoms with Crippen LogP contribution in [-0.4, -0.2) is 9.97 Å². The van der Waals surface area contributed by atoms with Crippen molar-refractivity contribution in [2.24, 2.45) is 0 Å². The normalized spacial score (nSPS) is 10.6. The third-order valence-corrected chi connectivity index (χ3v) is 2.68. The molecule has 3 aromatic rings. The van der Waals surface area contributed by atoms with Crippen molar-refractivity contribution in [3.8, 4) is 11.3 Å². The SMILES string of the molecule is O=c1ccc(-c2ccc3ccccc3n2)c[nH]1. The van der Waals surface area contributed by atoms with Gasteiger partial charge in [0.1, 0.15) is 0 Å². The molecule has 82 valence electrons. The lowest BCUT2D eigenvalue weighted by atomic mass is 10.1. The van der Waals surface area contributed by atoms with E-state index in [1.807, 2.05) is 36.4 Å². The summed E-state index contributed by atoms with van der Waals surface area (Å²) in [4.78, 5) is 18.2. The Kier molecular flexibility index (Phi) is 2.22. The molecule has 0 radical (unpaired) electrons. The van der Waals surface area contributed by atoms with E-state index in [0.29, 0.717) is 0 Å². The van der Waals surface area contributed by atoms with Crippen LogP contribution in [0.25, 0.3) is 22.2 Å². The van der Waals surface area contributed by atoms with Crippen LogP contribution in [0.15, 0.2) is 59.5 Å². The van der Waals surface area contributed by atoms with Crippen LogP contribution in [0.4, 0.5) is 0 Å². The highest BCUT2D eigenvalue weighted by Gasteiger charge is 2.00. The van der Waals surface area contributed by atoms with Crippen LogP contribution in [0, 0.1) is 0 Å². The smallest absolute Gasteiger partial charge is 0.247 e. The third kappa shape index (κ3) is 1.83. The zero-order chi connectivity index (χ0) is 11.7. The summed E-state index contributed by atoms with van der Waals surface area (Å²) < 4.78 is 0. The molecule has 0 saturated heterocycles. The predicted octanol–water partition coefficient (Wildman–Crippen LogP) is 2.59. The summed E-state index contributed by atoms with van der Waals surface area (Å²) in [6.45, 7) is 0. The maximum Gasteiger partial charge on any atom is 0.247 e. The van der Waals surface area contributed by atoms with E-state index in [9.17, 15) is 4.79 Å². The van der Waals surface area contributed by atoms with Gasteiger partial charge in [-0.3, -0.25) is 4.79 Å². The van der Waals surface area contributed by atoms with Crippen molar-refractivity contribution in [3.63, 3.8) is 0 Å². The van der Waals surface area contributed by atoms with Crippen LogP contribution in [0.5, 0.6) is 0 Å². The van der Waals surface area contributed by atoms with E-state index >= 15 is 0 Å². The van der Waals surface area contributed by atoms with Crippen molar-refractivity contribution >= 4 is 10.9 Å². The van der Waals surface area contributed by atoms with Gasteiger partial charge in [-0.1, -0.05) is 24.3 Å². The molecule has 0 unspecified atom stereocenters. The minimum absolute atomic E-state index is 0.102. The summed E-state index contributed by atoms with van der Waals surface area (Å²) in [6.07, 6.45) is 1.68. The second-order valence-electron chi connectivity index (χ2n) is 3.83. The van der Waals surface area contributed by atoms with Gasteiger partial charge in [-0.15, -0.1) is 0 Å². The number of fused-ring (bicyclic) bond motifs is 1. The van der Waals surface area contributed by atoms with Crippen LogP contribution in [0.1, 0.15) is 0 Å². The maximum absolute atomic E-state index is 11.0. The molecule has 17 heavy (non-hydrogen) atoms. The van der Waals surface area contributed by atoms with Crippen molar-refractivity contribution in [1.29, 1.82) is 0 Å². The molecule has 0 bridgehead atoms. The number of hydrogen-bond acceptors (Lipinski definition) is 2. The summed E-state index contributed by atoms with van der Waals surface area (Å²) in [5.74, 6) is 0.